The number of hydrogen-bond donors (Lipinski definition) is 1. The van der Waals surface area contributed by atoms with Crippen molar-refractivity contribution in [3.8, 4) is 22.8 Å². The first-order valence-electron chi connectivity index (χ1n) is 9.68. The fourth-order valence-corrected chi connectivity index (χ4v) is 3.93. The van der Waals surface area contributed by atoms with E-state index in [-0.39, 0.29) is 0 Å². The number of fused-ring (bicyclic) bond motifs is 4. The van der Waals surface area contributed by atoms with Crippen molar-refractivity contribution in [1.29, 1.82) is 0 Å². The van der Waals surface area contributed by atoms with Crippen LogP contribution in [0.2, 0.25) is 0 Å². The molecule has 0 amide bonds. The maximum Gasteiger partial charge on any atom is 0.161 e. The molecule has 5 heteroatoms. The molecule has 1 aliphatic rings. The minimum atomic E-state index is 0.742. The Morgan fingerprint density at radius 1 is 1.04 bits per heavy atom. The molecule has 1 N–H and O–H groups in total. The average Bonchev–Trinajstić information content (AvgIpc) is 2.71. The van der Waals surface area contributed by atoms with Gasteiger partial charge in [-0.2, -0.15) is 0 Å². The van der Waals surface area contributed by atoms with Gasteiger partial charge in [0.05, 0.1) is 25.4 Å². The van der Waals surface area contributed by atoms with E-state index in [4.69, 9.17) is 14.5 Å². The van der Waals surface area contributed by atoms with Crippen molar-refractivity contribution in [2.45, 2.75) is 12.8 Å². The lowest BCUT2D eigenvalue weighted by atomic mass is 9.86. The van der Waals surface area contributed by atoms with Gasteiger partial charge in [0.15, 0.2) is 11.5 Å². The number of hydrogen-bond acceptors (Lipinski definition) is 5. The van der Waals surface area contributed by atoms with Crippen LogP contribution in [0.4, 0.5) is 5.69 Å². The SMILES string of the molecule is COc1cc2c(cc1OC)-c1nc3ccccc3c(NCCN(C)C)c1CC2. The predicted octanol–water partition coefficient (Wildman–Crippen LogP) is 3.99. The topological polar surface area (TPSA) is 46.6 Å². The Morgan fingerprint density at radius 3 is 2.54 bits per heavy atom. The summed E-state index contributed by atoms with van der Waals surface area (Å²) in [6.07, 6.45) is 1.92. The van der Waals surface area contributed by atoms with Crippen LogP contribution in [0.5, 0.6) is 11.5 Å². The summed E-state index contributed by atoms with van der Waals surface area (Å²) in [5, 5.41) is 4.88. The molecule has 28 heavy (non-hydrogen) atoms. The Hall–Kier alpha value is -2.79. The van der Waals surface area contributed by atoms with E-state index in [2.05, 4.69) is 54.6 Å². The van der Waals surface area contributed by atoms with Crippen LogP contribution < -0.4 is 14.8 Å². The van der Waals surface area contributed by atoms with Crippen molar-refractivity contribution in [2.24, 2.45) is 0 Å². The molecule has 4 rings (SSSR count). The number of ether oxygens (including phenoxy) is 2. The number of nitrogens with zero attached hydrogens (tertiary/aromatic N) is 2. The average molecular weight is 377 g/mol. The summed E-state index contributed by atoms with van der Waals surface area (Å²) < 4.78 is 11.0. The van der Waals surface area contributed by atoms with Gasteiger partial charge < -0.3 is 19.7 Å². The zero-order chi connectivity index (χ0) is 19.7. The Kier molecular flexibility index (Phi) is 5.09. The number of benzene rings is 2. The minimum Gasteiger partial charge on any atom is -0.493 e. The van der Waals surface area contributed by atoms with Crippen LogP contribution in [-0.4, -0.2) is 51.3 Å². The Morgan fingerprint density at radius 2 is 1.79 bits per heavy atom. The zero-order valence-corrected chi connectivity index (χ0v) is 17.0. The monoisotopic (exact) mass is 377 g/mol. The molecule has 0 saturated carbocycles. The van der Waals surface area contributed by atoms with Crippen molar-refractivity contribution >= 4 is 16.6 Å². The van der Waals surface area contributed by atoms with Crippen LogP contribution in [0.25, 0.3) is 22.2 Å². The van der Waals surface area contributed by atoms with Gasteiger partial charge in [-0.15, -0.1) is 0 Å². The third-order valence-electron chi connectivity index (χ3n) is 5.36. The van der Waals surface area contributed by atoms with E-state index in [0.29, 0.717) is 0 Å². The van der Waals surface area contributed by atoms with E-state index in [1.54, 1.807) is 14.2 Å². The molecule has 146 valence electrons. The minimum absolute atomic E-state index is 0.742. The largest absolute Gasteiger partial charge is 0.493 e. The molecule has 5 nitrogen and oxygen atoms in total. The summed E-state index contributed by atoms with van der Waals surface area (Å²) in [5.41, 5.74) is 6.96. The van der Waals surface area contributed by atoms with E-state index in [1.807, 2.05) is 6.07 Å². The van der Waals surface area contributed by atoms with Gasteiger partial charge in [-0.1, -0.05) is 18.2 Å². The molecule has 2 aromatic carbocycles. The van der Waals surface area contributed by atoms with Gasteiger partial charge in [0, 0.05) is 35.3 Å². The van der Waals surface area contributed by atoms with E-state index in [0.717, 1.165) is 54.2 Å². The molecule has 3 aromatic rings. The fourth-order valence-electron chi connectivity index (χ4n) is 3.93. The fraction of sp³-hybridized carbons (Fsp3) is 0.348. The van der Waals surface area contributed by atoms with Crippen molar-refractivity contribution < 1.29 is 9.47 Å². The smallest absolute Gasteiger partial charge is 0.161 e. The van der Waals surface area contributed by atoms with Gasteiger partial charge in [0.25, 0.3) is 0 Å². The summed E-state index contributed by atoms with van der Waals surface area (Å²) in [5.74, 6) is 1.51. The second kappa shape index (κ2) is 7.68. The summed E-state index contributed by atoms with van der Waals surface area (Å²) in [7, 11) is 7.55. The Labute approximate surface area is 166 Å². The lowest BCUT2D eigenvalue weighted by Gasteiger charge is -2.25. The lowest BCUT2D eigenvalue weighted by molar-refractivity contribution is 0.354. The molecule has 0 radical (unpaired) electrons. The first-order valence-corrected chi connectivity index (χ1v) is 9.68. The number of anilines is 1. The summed E-state index contributed by atoms with van der Waals surface area (Å²) in [6, 6.07) is 12.5. The standard InChI is InChI=1S/C23H27N3O2/c1-26(2)12-11-24-22-16-7-5-6-8-19(16)25-23-17(22)10-9-15-13-20(27-3)21(28-4)14-18(15)23/h5-8,13-14H,9-12H2,1-4H3,(H,24,25). The third kappa shape index (κ3) is 3.27. The van der Waals surface area contributed by atoms with Gasteiger partial charge in [-0.3, -0.25) is 0 Å². The van der Waals surface area contributed by atoms with Crippen molar-refractivity contribution in [3.05, 3.63) is 47.5 Å². The van der Waals surface area contributed by atoms with Crippen molar-refractivity contribution in [2.75, 3.05) is 46.7 Å². The highest BCUT2D eigenvalue weighted by Crippen LogP contribution is 2.43. The Balaban J connectivity index is 1.88. The highest BCUT2D eigenvalue weighted by Gasteiger charge is 2.24. The molecule has 0 aliphatic heterocycles. The quantitative estimate of drug-likeness (QED) is 0.704. The van der Waals surface area contributed by atoms with E-state index in [1.165, 1.54) is 22.2 Å². The van der Waals surface area contributed by atoms with Crippen LogP contribution >= 0.6 is 0 Å². The van der Waals surface area contributed by atoms with Gasteiger partial charge in [0.1, 0.15) is 0 Å². The third-order valence-corrected chi connectivity index (χ3v) is 5.36. The maximum atomic E-state index is 5.55. The van der Waals surface area contributed by atoms with Crippen molar-refractivity contribution in [3.63, 3.8) is 0 Å². The molecular formula is C23H27N3O2. The first-order chi connectivity index (χ1) is 13.6. The highest BCUT2D eigenvalue weighted by molar-refractivity contribution is 5.97. The van der Waals surface area contributed by atoms with Crippen molar-refractivity contribution in [1.82, 2.24) is 9.88 Å². The number of likely N-dealkylation sites (N-methyl/N-ethyl adjacent to an activating group) is 1. The molecule has 0 saturated heterocycles. The predicted molar refractivity (Wildman–Crippen MR) is 115 cm³/mol. The molecule has 0 atom stereocenters. The maximum absolute atomic E-state index is 5.55. The first kappa shape index (κ1) is 18.6. The van der Waals surface area contributed by atoms with Crippen LogP contribution in [0.1, 0.15) is 11.1 Å². The molecule has 1 heterocycles. The summed E-state index contributed by atoms with van der Waals surface area (Å²) in [6.45, 7) is 1.87. The van der Waals surface area contributed by atoms with E-state index < -0.39 is 0 Å². The normalized spacial score (nSPS) is 12.6. The Bertz CT molecular complexity index is 1010. The number of aromatic nitrogens is 1. The molecule has 0 bridgehead atoms. The van der Waals surface area contributed by atoms with Crippen LogP contribution in [0.15, 0.2) is 36.4 Å². The molecule has 0 spiro atoms. The van der Waals surface area contributed by atoms with E-state index in [9.17, 15) is 0 Å². The summed E-state index contributed by atoms with van der Waals surface area (Å²) >= 11 is 0. The molecule has 0 unspecified atom stereocenters. The number of methoxy groups -OCH3 is 2. The van der Waals surface area contributed by atoms with E-state index >= 15 is 0 Å². The molecule has 1 aromatic heterocycles. The molecule has 1 aliphatic carbocycles. The van der Waals surface area contributed by atoms with Gasteiger partial charge in [0.2, 0.25) is 0 Å². The molecule has 0 fully saturated rings. The number of para-hydroxylation sites is 1. The van der Waals surface area contributed by atoms with Gasteiger partial charge in [-0.05, 0) is 50.7 Å². The molecular weight excluding hydrogens is 350 g/mol. The van der Waals surface area contributed by atoms with Crippen LogP contribution in [-0.2, 0) is 12.8 Å². The van der Waals surface area contributed by atoms with Gasteiger partial charge in [-0.25, -0.2) is 4.98 Å². The number of nitrogens with one attached hydrogen (secondary N) is 1. The lowest BCUT2D eigenvalue weighted by Crippen LogP contribution is -2.22. The summed E-state index contributed by atoms with van der Waals surface area (Å²) in [4.78, 5) is 7.23. The van der Waals surface area contributed by atoms with Gasteiger partial charge >= 0.3 is 0 Å². The highest BCUT2D eigenvalue weighted by atomic mass is 16.5. The number of aryl methyl sites for hydroxylation is 1. The van der Waals surface area contributed by atoms with Crippen LogP contribution in [0.3, 0.4) is 0 Å². The number of pyridine rings is 1. The zero-order valence-electron chi connectivity index (χ0n) is 17.0. The second-order valence-electron chi connectivity index (χ2n) is 7.43. The second-order valence-corrected chi connectivity index (χ2v) is 7.43. The van der Waals surface area contributed by atoms with Crippen LogP contribution in [0, 0.1) is 0 Å². The number of rotatable bonds is 6.